The fourth-order valence-corrected chi connectivity index (χ4v) is 16.3. The van der Waals surface area contributed by atoms with Crippen molar-refractivity contribution in [3.63, 3.8) is 0 Å². The van der Waals surface area contributed by atoms with Gasteiger partial charge in [0.05, 0.1) is 11.4 Å². The predicted octanol–water partition coefficient (Wildman–Crippen LogP) is 10.9. The van der Waals surface area contributed by atoms with E-state index in [2.05, 4.69) is 246 Å². The maximum absolute atomic E-state index is 7.09. The van der Waals surface area contributed by atoms with Gasteiger partial charge >= 0.3 is 0 Å². The van der Waals surface area contributed by atoms with E-state index in [1.165, 1.54) is 37.1 Å². The molecule has 308 valence electrons. The summed E-state index contributed by atoms with van der Waals surface area (Å²) in [6.45, 7) is -0.162. The number of rotatable bonds is 6. The Balaban J connectivity index is 1.21. The molecule has 12 aromatic rings. The molecule has 0 bridgehead atoms. The van der Waals surface area contributed by atoms with Crippen LogP contribution in [0.15, 0.2) is 245 Å². The molecule has 0 spiro atoms. The number of anilines is 6. The van der Waals surface area contributed by atoms with Crippen molar-refractivity contribution < 1.29 is 8.83 Å². The average molecular weight is 859 g/mol. The zero-order valence-corrected chi connectivity index (χ0v) is 36.8. The maximum Gasteiger partial charge on any atom is 0.252 e. The first-order valence-corrected chi connectivity index (χ1v) is 24.7. The highest BCUT2D eigenvalue weighted by atomic mass is 28.3. The molecule has 0 N–H and O–H groups in total. The molecule has 66 heavy (non-hydrogen) atoms. The maximum atomic E-state index is 7.09. The Bertz CT molecular complexity index is 3550. The summed E-state index contributed by atoms with van der Waals surface area (Å²) < 4.78 is 14.2. The van der Waals surface area contributed by atoms with Gasteiger partial charge in [0.15, 0.2) is 19.2 Å². The van der Waals surface area contributed by atoms with Crippen LogP contribution in [0.25, 0.3) is 43.9 Å². The van der Waals surface area contributed by atoms with Gasteiger partial charge in [-0.05, 0) is 85.7 Å². The van der Waals surface area contributed by atoms with Crippen LogP contribution in [0.4, 0.5) is 34.1 Å². The number of furan rings is 2. The number of benzene rings is 10. The van der Waals surface area contributed by atoms with Crippen LogP contribution in [0.1, 0.15) is 0 Å². The monoisotopic (exact) mass is 858 g/mol. The predicted molar refractivity (Wildman–Crippen MR) is 279 cm³/mol. The summed E-state index contributed by atoms with van der Waals surface area (Å²) in [5, 5.41) is 9.64. The van der Waals surface area contributed by atoms with Crippen molar-refractivity contribution in [3.05, 3.63) is 237 Å². The minimum atomic E-state index is -3.11. The summed E-state index contributed by atoms with van der Waals surface area (Å²) in [5.74, 6) is 0. The molecular formula is C60H39BN2O2Si. The summed E-state index contributed by atoms with van der Waals surface area (Å²) in [6, 6.07) is 86.8. The van der Waals surface area contributed by atoms with E-state index in [9.17, 15) is 0 Å². The Morgan fingerprint density at radius 1 is 0.333 bits per heavy atom. The van der Waals surface area contributed by atoms with E-state index >= 15 is 0 Å². The first-order valence-electron chi connectivity index (χ1n) is 22.7. The first kappa shape index (κ1) is 37.1. The molecule has 0 aliphatic carbocycles. The van der Waals surface area contributed by atoms with Crippen molar-refractivity contribution in [1.29, 1.82) is 0 Å². The second-order valence-corrected chi connectivity index (χ2v) is 21.3. The molecule has 4 nitrogen and oxygen atoms in total. The lowest BCUT2D eigenvalue weighted by atomic mass is 9.33. The van der Waals surface area contributed by atoms with Gasteiger partial charge in [0, 0.05) is 44.3 Å². The fourth-order valence-electron chi connectivity index (χ4n) is 11.5. The normalized spacial score (nSPS) is 13.1. The molecule has 0 saturated carbocycles. The average Bonchev–Trinajstić information content (AvgIpc) is 3.97. The fraction of sp³-hybridized carbons (Fsp3) is 0. The van der Waals surface area contributed by atoms with Gasteiger partial charge in [0.25, 0.3) is 6.71 Å². The number of hydrogen-bond donors (Lipinski definition) is 0. The molecule has 0 unspecified atom stereocenters. The van der Waals surface area contributed by atoms with Crippen molar-refractivity contribution in [3.8, 4) is 0 Å². The topological polar surface area (TPSA) is 32.8 Å². The highest BCUT2D eigenvalue weighted by Crippen LogP contribution is 2.49. The van der Waals surface area contributed by atoms with Crippen molar-refractivity contribution in [2.45, 2.75) is 0 Å². The second kappa shape index (κ2) is 14.3. The van der Waals surface area contributed by atoms with E-state index in [1.807, 2.05) is 0 Å². The zero-order valence-electron chi connectivity index (χ0n) is 35.8. The lowest BCUT2D eigenvalue weighted by Crippen LogP contribution is -2.75. The van der Waals surface area contributed by atoms with Crippen LogP contribution in [0.3, 0.4) is 0 Å². The Labute approximate surface area is 383 Å². The van der Waals surface area contributed by atoms with Crippen LogP contribution in [0.5, 0.6) is 0 Å². The van der Waals surface area contributed by atoms with Crippen LogP contribution < -0.4 is 46.9 Å². The number of nitrogens with zero attached hydrogens (tertiary/aromatic N) is 2. The summed E-state index contributed by atoms with van der Waals surface area (Å²) in [7, 11) is -3.11. The molecule has 0 radical (unpaired) electrons. The number of fused-ring (bicyclic) bond motifs is 12. The zero-order chi connectivity index (χ0) is 43.3. The van der Waals surface area contributed by atoms with Crippen LogP contribution in [-0.2, 0) is 0 Å². The smallest absolute Gasteiger partial charge is 0.252 e. The molecule has 2 aromatic heterocycles. The van der Waals surface area contributed by atoms with Gasteiger partial charge in [-0.2, -0.15) is 0 Å². The van der Waals surface area contributed by atoms with Gasteiger partial charge < -0.3 is 18.6 Å². The van der Waals surface area contributed by atoms with E-state index in [1.54, 1.807) is 0 Å². The molecular weight excluding hydrogens is 820 g/mol. The van der Waals surface area contributed by atoms with Crippen LogP contribution >= 0.6 is 0 Å². The van der Waals surface area contributed by atoms with E-state index in [-0.39, 0.29) is 6.71 Å². The molecule has 6 heteroatoms. The SMILES string of the molecule is c1ccc(N2c3cc([Si](c4ccccc4)(c4ccccc4)c4ccccc4)cc4c3B(c3ccc5c(oc6ccccc65)c32)c2ccc3c(oc5ccccc53)c2N4c2ccccc2)cc1. The van der Waals surface area contributed by atoms with Crippen LogP contribution in [-0.4, -0.2) is 14.8 Å². The lowest BCUT2D eigenvalue weighted by molar-refractivity contribution is 0.669. The molecule has 0 amide bonds. The van der Waals surface area contributed by atoms with Crippen molar-refractivity contribution in [1.82, 2.24) is 0 Å². The third-order valence-corrected chi connectivity index (χ3v) is 18.9. The van der Waals surface area contributed by atoms with Gasteiger partial charge in [-0.15, -0.1) is 0 Å². The molecule has 2 aliphatic rings. The van der Waals surface area contributed by atoms with Gasteiger partial charge in [0.1, 0.15) is 11.2 Å². The molecule has 10 aromatic carbocycles. The van der Waals surface area contributed by atoms with E-state index < -0.39 is 8.07 Å². The highest BCUT2D eigenvalue weighted by Gasteiger charge is 2.49. The third-order valence-electron chi connectivity index (χ3n) is 14.2. The van der Waals surface area contributed by atoms with Gasteiger partial charge in [0.2, 0.25) is 0 Å². The van der Waals surface area contributed by atoms with Crippen LogP contribution in [0, 0.1) is 0 Å². The van der Waals surface area contributed by atoms with E-state index in [4.69, 9.17) is 8.83 Å². The molecule has 0 atom stereocenters. The van der Waals surface area contributed by atoms with E-state index in [0.29, 0.717) is 0 Å². The third kappa shape index (κ3) is 5.16. The van der Waals surface area contributed by atoms with Gasteiger partial charge in [-0.3, -0.25) is 0 Å². The largest absolute Gasteiger partial charge is 0.454 e. The first-order chi connectivity index (χ1) is 32.8. The minimum Gasteiger partial charge on any atom is -0.454 e. The number of para-hydroxylation sites is 4. The molecule has 0 saturated heterocycles. The van der Waals surface area contributed by atoms with Gasteiger partial charge in [-0.1, -0.05) is 188 Å². The van der Waals surface area contributed by atoms with Crippen molar-refractivity contribution in [2.24, 2.45) is 0 Å². The molecule has 0 fully saturated rings. The quantitative estimate of drug-likeness (QED) is 0.123. The van der Waals surface area contributed by atoms with E-state index in [0.717, 1.165) is 78.0 Å². The molecule has 14 rings (SSSR count). The highest BCUT2D eigenvalue weighted by molar-refractivity contribution is 7.20. The van der Waals surface area contributed by atoms with Crippen molar-refractivity contribution in [2.75, 3.05) is 9.80 Å². The summed E-state index contributed by atoms with van der Waals surface area (Å²) in [5.41, 5.74) is 13.7. The Hall–Kier alpha value is -8.32. The number of hydrogen-bond acceptors (Lipinski definition) is 4. The summed E-state index contributed by atoms with van der Waals surface area (Å²) in [4.78, 5) is 5.01. The molecule has 4 heterocycles. The summed E-state index contributed by atoms with van der Waals surface area (Å²) >= 11 is 0. The minimum absolute atomic E-state index is 0.162. The van der Waals surface area contributed by atoms with Crippen molar-refractivity contribution >= 4 is 130 Å². The summed E-state index contributed by atoms with van der Waals surface area (Å²) in [6.07, 6.45) is 0. The Morgan fingerprint density at radius 2 is 0.697 bits per heavy atom. The Kier molecular flexibility index (Phi) is 8.06. The van der Waals surface area contributed by atoms with Crippen LogP contribution in [0.2, 0.25) is 0 Å². The standard InChI is InChI=1S/C60H39BN2O2Si/c1-6-20-40(21-7-1)62-52-38-45(66(42-24-10-3-11-25-42,43-26-12-4-13-27-43)44-28-14-5-15-29-44)39-53-56(52)61(50-36-34-48-46-30-16-18-32-54(46)64-59(48)57(50)62)51-37-35-49-47-31-17-19-33-55(47)65-60(49)58(51)63(53)41-22-8-2-9-23-41/h1-39H. The molecule has 2 aliphatic heterocycles. The van der Waals surface area contributed by atoms with Gasteiger partial charge in [-0.25, -0.2) is 0 Å². The lowest BCUT2D eigenvalue weighted by Gasteiger charge is -2.45. The Morgan fingerprint density at radius 3 is 1.11 bits per heavy atom. The second-order valence-electron chi connectivity index (χ2n) is 17.5.